The van der Waals surface area contributed by atoms with E-state index in [-0.39, 0.29) is 0 Å². The smallest absolute Gasteiger partial charge is 0.241 e. The van der Waals surface area contributed by atoms with Gasteiger partial charge in [-0.3, -0.25) is 9.78 Å². The van der Waals surface area contributed by atoms with Crippen LogP contribution in [0.15, 0.2) is 67.1 Å². The van der Waals surface area contributed by atoms with Gasteiger partial charge in [0.1, 0.15) is 5.69 Å². The maximum Gasteiger partial charge on any atom is 0.241 e. The number of rotatable bonds is 4. The molecule has 2 heterocycles. The van der Waals surface area contributed by atoms with Gasteiger partial charge in [0.15, 0.2) is 0 Å². The van der Waals surface area contributed by atoms with E-state index in [2.05, 4.69) is 10.1 Å². The monoisotopic (exact) mass is 290 g/mol. The zero-order valence-electron chi connectivity index (χ0n) is 11.8. The molecule has 2 N–H and O–H groups in total. The molecule has 0 saturated carbocycles. The number of carbonyl (C=O) groups excluding carboxylic acids is 1. The standard InChI is InChI=1S/C17H14N4O/c18-16(22)7-6-14-12-21(15-4-2-1-3-5-15)20-17(14)13-8-10-19-11-9-13/h1-12H,(H2,18,22)/b7-6+. The SMILES string of the molecule is NC(=O)/C=C/c1cn(-c2ccccc2)nc1-c1ccncc1. The van der Waals surface area contributed by atoms with Gasteiger partial charge in [-0.15, -0.1) is 0 Å². The van der Waals surface area contributed by atoms with Crippen LogP contribution in [0.2, 0.25) is 0 Å². The van der Waals surface area contributed by atoms with E-state index in [1.807, 2.05) is 48.7 Å². The average Bonchev–Trinajstić information content (AvgIpc) is 2.99. The van der Waals surface area contributed by atoms with Crippen LogP contribution in [0.1, 0.15) is 5.56 Å². The van der Waals surface area contributed by atoms with Crippen LogP contribution in [-0.2, 0) is 4.79 Å². The predicted molar refractivity (Wildman–Crippen MR) is 85.0 cm³/mol. The summed E-state index contributed by atoms with van der Waals surface area (Å²) in [5, 5.41) is 4.61. The van der Waals surface area contributed by atoms with Gasteiger partial charge in [0.2, 0.25) is 5.91 Å². The van der Waals surface area contributed by atoms with Crippen molar-refractivity contribution in [2.24, 2.45) is 5.73 Å². The zero-order chi connectivity index (χ0) is 15.4. The highest BCUT2D eigenvalue weighted by Crippen LogP contribution is 2.24. The Balaban J connectivity index is 2.11. The van der Waals surface area contributed by atoms with Crippen molar-refractivity contribution in [1.82, 2.24) is 14.8 Å². The zero-order valence-corrected chi connectivity index (χ0v) is 11.8. The lowest BCUT2D eigenvalue weighted by atomic mass is 10.1. The van der Waals surface area contributed by atoms with Crippen LogP contribution >= 0.6 is 0 Å². The molecule has 0 spiro atoms. The van der Waals surface area contributed by atoms with Crippen molar-refractivity contribution >= 4 is 12.0 Å². The molecule has 108 valence electrons. The van der Waals surface area contributed by atoms with Crippen LogP contribution < -0.4 is 5.73 Å². The third-order valence-corrected chi connectivity index (χ3v) is 3.14. The molecule has 3 rings (SSSR count). The molecule has 0 aliphatic carbocycles. The van der Waals surface area contributed by atoms with Gasteiger partial charge in [-0.1, -0.05) is 18.2 Å². The minimum absolute atomic E-state index is 0.492. The normalized spacial score (nSPS) is 10.9. The largest absolute Gasteiger partial charge is 0.366 e. The molecule has 0 aliphatic heterocycles. The van der Waals surface area contributed by atoms with E-state index < -0.39 is 5.91 Å². The van der Waals surface area contributed by atoms with E-state index in [1.54, 1.807) is 23.2 Å². The number of carbonyl (C=O) groups is 1. The van der Waals surface area contributed by atoms with Crippen molar-refractivity contribution in [3.8, 4) is 16.9 Å². The minimum Gasteiger partial charge on any atom is -0.366 e. The molecule has 1 amide bonds. The quantitative estimate of drug-likeness (QED) is 0.750. The van der Waals surface area contributed by atoms with Crippen LogP contribution in [0.4, 0.5) is 0 Å². The highest BCUT2D eigenvalue weighted by Gasteiger charge is 2.10. The van der Waals surface area contributed by atoms with Crippen LogP contribution in [0, 0.1) is 0 Å². The Bertz CT molecular complexity index is 807. The molecule has 0 atom stereocenters. The number of pyridine rings is 1. The number of para-hydroxylation sites is 1. The van der Waals surface area contributed by atoms with Crippen molar-refractivity contribution in [3.63, 3.8) is 0 Å². The summed E-state index contributed by atoms with van der Waals surface area (Å²) < 4.78 is 1.77. The summed E-state index contributed by atoms with van der Waals surface area (Å²) >= 11 is 0. The number of nitrogens with two attached hydrogens (primary N) is 1. The summed E-state index contributed by atoms with van der Waals surface area (Å²) in [6.07, 6.45) is 8.28. The van der Waals surface area contributed by atoms with E-state index >= 15 is 0 Å². The molecule has 0 saturated heterocycles. The molecule has 0 bridgehead atoms. The second-order valence-electron chi connectivity index (χ2n) is 4.68. The molecule has 2 aromatic heterocycles. The number of benzene rings is 1. The van der Waals surface area contributed by atoms with Crippen molar-refractivity contribution in [1.29, 1.82) is 0 Å². The summed E-state index contributed by atoms with van der Waals surface area (Å²) in [6, 6.07) is 13.5. The molecule has 5 nitrogen and oxygen atoms in total. The first-order chi connectivity index (χ1) is 10.7. The highest BCUT2D eigenvalue weighted by atomic mass is 16.1. The van der Waals surface area contributed by atoms with E-state index in [0.717, 1.165) is 22.5 Å². The summed E-state index contributed by atoms with van der Waals surface area (Å²) in [6.45, 7) is 0. The molecular weight excluding hydrogens is 276 g/mol. The summed E-state index contributed by atoms with van der Waals surface area (Å²) in [5.74, 6) is -0.492. The number of aromatic nitrogens is 3. The Morgan fingerprint density at radius 2 is 1.82 bits per heavy atom. The number of primary amides is 1. The molecule has 5 heteroatoms. The van der Waals surface area contributed by atoms with Crippen LogP contribution in [0.5, 0.6) is 0 Å². The lowest BCUT2D eigenvalue weighted by Gasteiger charge is -2.00. The Labute approximate surface area is 127 Å². The van der Waals surface area contributed by atoms with Crippen molar-refractivity contribution in [2.45, 2.75) is 0 Å². The Morgan fingerprint density at radius 1 is 1.09 bits per heavy atom. The first-order valence-electron chi connectivity index (χ1n) is 6.77. The van der Waals surface area contributed by atoms with Gasteiger partial charge in [-0.2, -0.15) is 5.10 Å². The Kier molecular flexibility index (Phi) is 3.78. The fourth-order valence-corrected chi connectivity index (χ4v) is 2.13. The lowest BCUT2D eigenvalue weighted by molar-refractivity contribution is -0.113. The number of nitrogens with zero attached hydrogens (tertiary/aromatic N) is 3. The molecule has 22 heavy (non-hydrogen) atoms. The van der Waals surface area contributed by atoms with E-state index in [0.29, 0.717) is 0 Å². The summed E-state index contributed by atoms with van der Waals surface area (Å²) in [4.78, 5) is 15.0. The average molecular weight is 290 g/mol. The van der Waals surface area contributed by atoms with Gasteiger partial charge in [0.05, 0.1) is 5.69 Å². The molecule has 0 unspecified atom stereocenters. The Morgan fingerprint density at radius 3 is 2.50 bits per heavy atom. The first kappa shape index (κ1) is 13.8. The summed E-state index contributed by atoms with van der Waals surface area (Å²) in [5.41, 5.74) is 8.63. The Hall–Kier alpha value is -3.21. The molecule has 3 aromatic rings. The van der Waals surface area contributed by atoms with Gasteiger partial charge < -0.3 is 5.73 Å². The van der Waals surface area contributed by atoms with Gasteiger partial charge in [-0.25, -0.2) is 4.68 Å². The van der Waals surface area contributed by atoms with Gasteiger partial charge in [0.25, 0.3) is 0 Å². The van der Waals surface area contributed by atoms with Gasteiger partial charge in [0, 0.05) is 35.8 Å². The second-order valence-corrected chi connectivity index (χ2v) is 4.68. The van der Waals surface area contributed by atoms with Crippen molar-refractivity contribution < 1.29 is 4.79 Å². The molecule has 1 aromatic carbocycles. The van der Waals surface area contributed by atoms with Crippen molar-refractivity contribution in [2.75, 3.05) is 0 Å². The van der Waals surface area contributed by atoms with Crippen LogP contribution in [0.3, 0.4) is 0 Å². The topological polar surface area (TPSA) is 73.8 Å². The fraction of sp³-hybridized carbons (Fsp3) is 0. The molecular formula is C17H14N4O. The number of amides is 1. The third-order valence-electron chi connectivity index (χ3n) is 3.14. The van der Waals surface area contributed by atoms with Crippen LogP contribution in [0.25, 0.3) is 23.0 Å². The maximum atomic E-state index is 11.0. The fourth-order valence-electron chi connectivity index (χ4n) is 2.13. The summed E-state index contributed by atoms with van der Waals surface area (Å²) in [7, 11) is 0. The van der Waals surface area contributed by atoms with E-state index in [1.165, 1.54) is 6.08 Å². The first-order valence-corrected chi connectivity index (χ1v) is 6.77. The molecule has 0 fully saturated rings. The van der Waals surface area contributed by atoms with Crippen LogP contribution in [-0.4, -0.2) is 20.7 Å². The molecule has 0 aliphatic rings. The molecule has 0 radical (unpaired) electrons. The number of hydrogen-bond acceptors (Lipinski definition) is 3. The second kappa shape index (κ2) is 6.05. The van der Waals surface area contributed by atoms with E-state index in [9.17, 15) is 4.79 Å². The maximum absolute atomic E-state index is 11.0. The predicted octanol–water partition coefficient (Wildman–Crippen LogP) is 2.43. The van der Waals surface area contributed by atoms with Crippen molar-refractivity contribution in [3.05, 3.63) is 72.7 Å². The number of hydrogen-bond donors (Lipinski definition) is 1. The van der Waals surface area contributed by atoms with Gasteiger partial charge >= 0.3 is 0 Å². The third kappa shape index (κ3) is 2.93. The highest BCUT2D eigenvalue weighted by molar-refractivity contribution is 5.91. The minimum atomic E-state index is -0.492. The van der Waals surface area contributed by atoms with Gasteiger partial charge in [-0.05, 0) is 30.3 Å². The van der Waals surface area contributed by atoms with E-state index in [4.69, 9.17) is 5.73 Å². The lowest BCUT2D eigenvalue weighted by Crippen LogP contribution is -2.05.